The average molecular weight is 292 g/mol. The van der Waals surface area contributed by atoms with Crippen molar-refractivity contribution in [2.75, 3.05) is 6.54 Å². The molecule has 1 aliphatic heterocycles. The third kappa shape index (κ3) is 2.72. The molecule has 100 valence electrons. The van der Waals surface area contributed by atoms with Crippen molar-refractivity contribution in [3.8, 4) is 0 Å². The lowest BCUT2D eigenvalue weighted by atomic mass is 10.2. The van der Waals surface area contributed by atoms with Gasteiger partial charge in [0.15, 0.2) is 0 Å². The summed E-state index contributed by atoms with van der Waals surface area (Å²) < 4.78 is 0. The molecule has 3 nitrogen and oxygen atoms in total. The fourth-order valence-electron chi connectivity index (χ4n) is 2.59. The maximum atomic E-state index is 12.4. The molecule has 2 aromatic heterocycles. The molecule has 1 unspecified atom stereocenters. The monoisotopic (exact) mass is 292 g/mol. The molecule has 1 amide bonds. The van der Waals surface area contributed by atoms with E-state index in [0.29, 0.717) is 6.42 Å². The minimum absolute atomic E-state index is 0.209. The highest BCUT2D eigenvalue weighted by molar-refractivity contribution is 7.10. The molecule has 1 saturated heterocycles. The second-order valence-electron chi connectivity index (χ2n) is 4.80. The normalized spacial score (nSPS) is 19.0. The van der Waals surface area contributed by atoms with Crippen LogP contribution in [-0.4, -0.2) is 22.3 Å². The Hall–Kier alpha value is -1.20. The van der Waals surface area contributed by atoms with Crippen LogP contribution in [0.25, 0.3) is 0 Å². The Morgan fingerprint density at radius 1 is 1.53 bits per heavy atom. The number of carbonyl (C=O) groups is 1. The van der Waals surface area contributed by atoms with Gasteiger partial charge in [-0.2, -0.15) is 0 Å². The van der Waals surface area contributed by atoms with Crippen molar-refractivity contribution >= 4 is 28.6 Å². The molecule has 1 fully saturated rings. The Morgan fingerprint density at radius 3 is 3.11 bits per heavy atom. The van der Waals surface area contributed by atoms with Crippen LogP contribution in [0.15, 0.2) is 22.9 Å². The molecule has 1 atom stereocenters. The zero-order chi connectivity index (χ0) is 13.2. The molecular weight excluding hydrogens is 276 g/mol. The van der Waals surface area contributed by atoms with E-state index in [9.17, 15) is 4.79 Å². The first-order chi connectivity index (χ1) is 9.24. The fourth-order valence-corrected chi connectivity index (χ4v) is 4.07. The Morgan fingerprint density at radius 2 is 2.42 bits per heavy atom. The molecule has 0 bridgehead atoms. The SMILES string of the molecule is Cc1nc(CC(=O)N2CCCC2c2cccs2)cs1. The molecular formula is C14H16N2OS2. The number of nitrogens with zero attached hydrogens (tertiary/aromatic N) is 2. The number of hydrogen-bond acceptors (Lipinski definition) is 4. The molecule has 1 aliphatic rings. The Balaban J connectivity index is 1.72. The van der Waals surface area contributed by atoms with Crippen molar-refractivity contribution in [3.05, 3.63) is 38.5 Å². The standard InChI is InChI=1S/C14H16N2OS2/c1-10-15-11(9-19-10)8-14(17)16-6-2-4-12(16)13-5-3-7-18-13/h3,5,7,9,12H,2,4,6,8H2,1H3. The first kappa shape index (κ1) is 12.8. The van der Waals surface area contributed by atoms with Crippen LogP contribution in [0, 0.1) is 6.92 Å². The van der Waals surface area contributed by atoms with Gasteiger partial charge in [-0.1, -0.05) is 6.07 Å². The number of aromatic nitrogens is 1. The molecule has 2 aromatic rings. The van der Waals surface area contributed by atoms with Crippen LogP contribution in [0.1, 0.15) is 34.5 Å². The van der Waals surface area contributed by atoms with Crippen LogP contribution in [-0.2, 0) is 11.2 Å². The van der Waals surface area contributed by atoms with Gasteiger partial charge >= 0.3 is 0 Å². The van der Waals surface area contributed by atoms with Crippen LogP contribution in [0.4, 0.5) is 0 Å². The highest BCUT2D eigenvalue weighted by atomic mass is 32.1. The van der Waals surface area contributed by atoms with Crippen molar-refractivity contribution in [3.63, 3.8) is 0 Å². The first-order valence-electron chi connectivity index (χ1n) is 6.48. The van der Waals surface area contributed by atoms with Gasteiger partial charge in [-0.3, -0.25) is 4.79 Å². The van der Waals surface area contributed by atoms with Gasteiger partial charge in [0.1, 0.15) is 0 Å². The highest BCUT2D eigenvalue weighted by Gasteiger charge is 2.30. The number of hydrogen-bond donors (Lipinski definition) is 0. The third-order valence-corrected chi connectivity index (χ3v) is 5.24. The number of likely N-dealkylation sites (tertiary alicyclic amines) is 1. The van der Waals surface area contributed by atoms with Gasteiger partial charge in [0.25, 0.3) is 0 Å². The summed E-state index contributed by atoms with van der Waals surface area (Å²) in [5.41, 5.74) is 0.907. The van der Waals surface area contributed by atoms with Crippen LogP contribution < -0.4 is 0 Å². The van der Waals surface area contributed by atoms with Crippen LogP contribution in [0.3, 0.4) is 0 Å². The maximum absolute atomic E-state index is 12.4. The number of amides is 1. The smallest absolute Gasteiger partial charge is 0.229 e. The van der Waals surface area contributed by atoms with Crippen LogP contribution >= 0.6 is 22.7 Å². The predicted octanol–water partition coefficient (Wildman–Crippen LogP) is 3.42. The van der Waals surface area contributed by atoms with E-state index in [1.807, 2.05) is 17.2 Å². The lowest BCUT2D eigenvalue weighted by Gasteiger charge is -2.23. The van der Waals surface area contributed by atoms with E-state index in [1.54, 1.807) is 22.7 Å². The van der Waals surface area contributed by atoms with E-state index in [2.05, 4.69) is 22.5 Å². The predicted molar refractivity (Wildman–Crippen MR) is 78.6 cm³/mol. The Kier molecular flexibility index (Phi) is 3.66. The molecule has 0 radical (unpaired) electrons. The summed E-state index contributed by atoms with van der Waals surface area (Å²) >= 11 is 3.35. The van der Waals surface area contributed by atoms with Crippen molar-refractivity contribution in [1.82, 2.24) is 9.88 Å². The van der Waals surface area contributed by atoms with Gasteiger partial charge in [-0.25, -0.2) is 4.98 Å². The van der Waals surface area contributed by atoms with Gasteiger partial charge in [-0.15, -0.1) is 22.7 Å². The van der Waals surface area contributed by atoms with Crippen molar-refractivity contribution in [2.45, 2.75) is 32.2 Å². The molecule has 3 rings (SSSR count). The lowest BCUT2D eigenvalue weighted by molar-refractivity contribution is -0.131. The molecule has 0 N–H and O–H groups in total. The molecule has 0 spiro atoms. The average Bonchev–Trinajstić information content (AvgIpc) is 3.07. The van der Waals surface area contributed by atoms with Crippen molar-refractivity contribution in [1.29, 1.82) is 0 Å². The van der Waals surface area contributed by atoms with Gasteiger partial charge in [0.2, 0.25) is 5.91 Å². The largest absolute Gasteiger partial charge is 0.335 e. The topological polar surface area (TPSA) is 33.2 Å². The highest BCUT2D eigenvalue weighted by Crippen LogP contribution is 2.34. The number of rotatable bonds is 3. The summed E-state index contributed by atoms with van der Waals surface area (Å²) in [5.74, 6) is 0.209. The third-order valence-electron chi connectivity index (χ3n) is 3.44. The minimum Gasteiger partial charge on any atom is -0.335 e. The van der Waals surface area contributed by atoms with Crippen molar-refractivity contribution in [2.24, 2.45) is 0 Å². The summed E-state index contributed by atoms with van der Waals surface area (Å²) in [4.78, 5) is 20.1. The Bertz CT molecular complexity index is 562. The fraction of sp³-hybridized carbons (Fsp3) is 0.429. The van der Waals surface area contributed by atoms with E-state index >= 15 is 0 Å². The molecule has 0 aromatic carbocycles. The molecule has 3 heterocycles. The van der Waals surface area contributed by atoms with E-state index in [-0.39, 0.29) is 11.9 Å². The number of thiophene rings is 1. The second-order valence-corrected chi connectivity index (χ2v) is 6.84. The number of thiazole rings is 1. The van der Waals surface area contributed by atoms with Crippen LogP contribution in [0.5, 0.6) is 0 Å². The van der Waals surface area contributed by atoms with Crippen molar-refractivity contribution < 1.29 is 4.79 Å². The zero-order valence-corrected chi connectivity index (χ0v) is 12.5. The van der Waals surface area contributed by atoms with E-state index in [0.717, 1.165) is 30.1 Å². The summed E-state index contributed by atoms with van der Waals surface area (Å²) in [6.07, 6.45) is 2.62. The van der Waals surface area contributed by atoms with E-state index in [1.165, 1.54) is 4.88 Å². The maximum Gasteiger partial charge on any atom is 0.229 e. The molecule has 0 aliphatic carbocycles. The quantitative estimate of drug-likeness (QED) is 0.868. The zero-order valence-electron chi connectivity index (χ0n) is 10.8. The van der Waals surface area contributed by atoms with Gasteiger partial charge < -0.3 is 4.90 Å². The van der Waals surface area contributed by atoms with E-state index < -0.39 is 0 Å². The Labute approximate surface area is 120 Å². The summed E-state index contributed by atoms with van der Waals surface area (Å²) in [6.45, 7) is 2.85. The molecule has 5 heteroatoms. The van der Waals surface area contributed by atoms with Crippen LogP contribution in [0.2, 0.25) is 0 Å². The summed E-state index contributed by atoms with van der Waals surface area (Å²) in [5, 5.41) is 5.10. The first-order valence-corrected chi connectivity index (χ1v) is 8.24. The lowest BCUT2D eigenvalue weighted by Crippen LogP contribution is -2.31. The number of aryl methyl sites for hydroxylation is 1. The number of carbonyl (C=O) groups excluding carboxylic acids is 1. The van der Waals surface area contributed by atoms with Gasteiger partial charge in [0.05, 0.1) is 23.2 Å². The summed E-state index contributed by atoms with van der Waals surface area (Å²) in [6, 6.07) is 4.48. The van der Waals surface area contributed by atoms with Gasteiger partial charge in [-0.05, 0) is 31.2 Å². The second kappa shape index (κ2) is 5.43. The van der Waals surface area contributed by atoms with Gasteiger partial charge in [0, 0.05) is 16.8 Å². The molecule has 0 saturated carbocycles. The minimum atomic E-state index is 0.209. The van der Waals surface area contributed by atoms with E-state index in [4.69, 9.17) is 0 Å². The molecule has 19 heavy (non-hydrogen) atoms. The summed E-state index contributed by atoms with van der Waals surface area (Å²) in [7, 11) is 0.